The average molecular weight is 282 g/mol. The lowest BCUT2D eigenvalue weighted by Gasteiger charge is -2.45. The number of rotatable bonds is 5. The van der Waals surface area contributed by atoms with E-state index in [-0.39, 0.29) is 17.6 Å². The minimum Gasteiger partial charge on any atom is -0.379 e. The zero-order valence-corrected chi connectivity index (χ0v) is 12.8. The first kappa shape index (κ1) is 15.4. The minimum absolute atomic E-state index is 0.0921. The summed E-state index contributed by atoms with van der Waals surface area (Å²) in [6.07, 6.45) is 1.59. The molecule has 1 aromatic heterocycles. The van der Waals surface area contributed by atoms with Gasteiger partial charge in [0.15, 0.2) is 0 Å². The maximum atomic E-state index is 5.84. The van der Waals surface area contributed by atoms with Gasteiger partial charge in [0.05, 0.1) is 19.3 Å². The number of nitrogens with two attached hydrogens (primary N) is 1. The van der Waals surface area contributed by atoms with E-state index < -0.39 is 0 Å². The van der Waals surface area contributed by atoms with Gasteiger partial charge in [-0.05, 0) is 27.7 Å². The summed E-state index contributed by atoms with van der Waals surface area (Å²) in [7, 11) is 0. The van der Waals surface area contributed by atoms with Gasteiger partial charge < -0.3 is 4.74 Å². The summed E-state index contributed by atoms with van der Waals surface area (Å²) in [5.74, 6) is 6.71. The monoisotopic (exact) mass is 282 g/mol. The molecule has 20 heavy (non-hydrogen) atoms. The van der Waals surface area contributed by atoms with Crippen molar-refractivity contribution < 1.29 is 4.74 Å². The van der Waals surface area contributed by atoms with Gasteiger partial charge in [0.2, 0.25) is 0 Å². The largest absolute Gasteiger partial charge is 0.379 e. The Bertz CT molecular complexity index is 424. The number of hydrogen-bond donors (Lipinski definition) is 2. The van der Waals surface area contributed by atoms with Crippen molar-refractivity contribution in [2.75, 3.05) is 26.3 Å². The van der Waals surface area contributed by atoms with Crippen molar-refractivity contribution in [1.82, 2.24) is 25.1 Å². The van der Waals surface area contributed by atoms with Crippen LogP contribution in [0.2, 0.25) is 0 Å². The first-order chi connectivity index (χ1) is 9.48. The van der Waals surface area contributed by atoms with Crippen LogP contribution in [0.3, 0.4) is 0 Å². The van der Waals surface area contributed by atoms with Crippen molar-refractivity contribution in [2.24, 2.45) is 5.84 Å². The van der Waals surface area contributed by atoms with E-state index in [0.717, 1.165) is 32.1 Å². The molecule has 0 aliphatic carbocycles. The number of hydrazine groups is 1. The lowest BCUT2D eigenvalue weighted by Crippen LogP contribution is -2.57. The minimum atomic E-state index is -0.168. The molecular weight excluding hydrogens is 256 g/mol. The Labute approximate surface area is 120 Å². The number of morpholine rings is 1. The fourth-order valence-electron chi connectivity index (χ4n) is 2.78. The molecule has 1 unspecified atom stereocenters. The van der Waals surface area contributed by atoms with E-state index in [1.54, 1.807) is 6.33 Å². The van der Waals surface area contributed by atoms with E-state index >= 15 is 0 Å². The molecule has 1 aliphatic rings. The highest BCUT2D eigenvalue weighted by Crippen LogP contribution is 2.30. The molecule has 1 aromatic rings. The fraction of sp³-hybridized carbons (Fsp3) is 0.846. The number of nitrogens with zero attached hydrogens (tertiary/aromatic N) is 4. The molecule has 0 saturated carbocycles. The predicted octanol–water partition coefficient (Wildman–Crippen LogP) is 0.474. The Balaban J connectivity index is 2.27. The fourth-order valence-corrected chi connectivity index (χ4v) is 2.78. The molecule has 2 heterocycles. The number of nitrogens with one attached hydrogen (secondary N) is 1. The van der Waals surface area contributed by atoms with E-state index in [1.807, 2.05) is 4.68 Å². The van der Waals surface area contributed by atoms with Crippen molar-refractivity contribution in [3.63, 3.8) is 0 Å². The van der Waals surface area contributed by atoms with Crippen LogP contribution >= 0.6 is 0 Å². The molecule has 114 valence electrons. The predicted molar refractivity (Wildman–Crippen MR) is 76.9 cm³/mol. The van der Waals surface area contributed by atoms with Gasteiger partial charge in [0.25, 0.3) is 0 Å². The summed E-state index contributed by atoms with van der Waals surface area (Å²) >= 11 is 0. The number of hydrogen-bond acceptors (Lipinski definition) is 6. The Morgan fingerprint density at radius 3 is 2.55 bits per heavy atom. The lowest BCUT2D eigenvalue weighted by molar-refractivity contribution is -0.0256. The molecule has 2 rings (SSSR count). The summed E-state index contributed by atoms with van der Waals surface area (Å²) in [4.78, 5) is 6.81. The van der Waals surface area contributed by atoms with Gasteiger partial charge in [-0.2, -0.15) is 5.10 Å². The van der Waals surface area contributed by atoms with Crippen LogP contribution in [0.25, 0.3) is 0 Å². The van der Waals surface area contributed by atoms with Crippen LogP contribution in [-0.4, -0.2) is 51.5 Å². The standard InChI is InChI=1S/C13H26N6O/c1-10(2)19-12(15-9-16-19)11(17-14)13(3,4)18-5-7-20-8-6-18/h9-11,17H,5-8,14H2,1-4H3. The van der Waals surface area contributed by atoms with E-state index in [4.69, 9.17) is 10.6 Å². The molecular formula is C13H26N6O. The molecule has 3 N–H and O–H groups in total. The van der Waals surface area contributed by atoms with Crippen LogP contribution in [0.1, 0.15) is 45.6 Å². The molecule has 0 radical (unpaired) electrons. The Morgan fingerprint density at radius 2 is 2.00 bits per heavy atom. The third kappa shape index (κ3) is 2.85. The molecule has 1 saturated heterocycles. The van der Waals surface area contributed by atoms with Gasteiger partial charge in [-0.1, -0.05) is 0 Å². The van der Waals surface area contributed by atoms with Gasteiger partial charge in [0, 0.05) is 24.7 Å². The third-order valence-electron chi connectivity index (χ3n) is 4.05. The zero-order valence-electron chi connectivity index (χ0n) is 12.8. The second-order valence-corrected chi connectivity index (χ2v) is 6.01. The maximum absolute atomic E-state index is 5.84. The number of aromatic nitrogens is 3. The van der Waals surface area contributed by atoms with Crippen LogP contribution in [0.5, 0.6) is 0 Å². The molecule has 1 fully saturated rings. The second kappa shape index (κ2) is 6.17. The topological polar surface area (TPSA) is 81.2 Å². The molecule has 7 heteroatoms. The highest BCUT2D eigenvalue weighted by atomic mass is 16.5. The molecule has 1 aliphatic heterocycles. The average Bonchev–Trinajstić information content (AvgIpc) is 2.89. The maximum Gasteiger partial charge on any atom is 0.147 e. The lowest BCUT2D eigenvalue weighted by atomic mass is 9.91. The summed E-state index contributed by atoms with van der Waals surface area (Å²) in [6.45, 7) is 11.9. The second-order valence-electron chi connectivity index (χ2n) is 6.01. The normalized spacial score (nSPS) is 19.5. The molecule has 7 nitrogen and oxygen atoms in total. The third-order valence-corrected chi connectivity index (χ3v) is 4.05. The van der Waals surface area contributed by atoms with E-state index in [9.17, 15) is 0 Å². The molecule has 0 bridgehead atoms. The van der Waals surface area contributed by atoms with Gasteiger partial charge >= 0.3 is 0 Å². The van der Waals surface area contributed by atoms with Crippen LogP contribution < -0.4 is 11.3 Å². The van der Waals surface area contributed by atoms with Crippen molar-refractivity contribution in [2.45, 2.75) is 45.3 Å². The Morgan fingerprint density at radius 1 is 1.35 bits per heavy atom. The smallest absolute Gasteiger partial charge is 0.147 e. The molecule has 1 atom stereocenters. The number of ether oxygens (including phenoxy) is 1. The van der Waals surface area contributed by atoms with E-state index in [2.05, 4.69) is 48.1 Å². The SMILES string of the molecule is CC(C)n1ncnc1C(NN)C(C)(C)N1CCOCC1. The Hall–Kier alpha value is -1.02. The summed E-state index contributed by atoms with van der Waals surface area (Å²) in [5, 5.41) is 4.31. The molecule has 0 aromatic carbocycles. The van der Waals surface area contributed by atoms with E-state index in [1.165, 1.54) is 0 Å². The van der Waals surface area contributed by atoms with Gasteiger partial charge in [-0.3, -0.25) is 10.7 Å². The van der Waals surface area contributed by atoms with Crippen LogP contribution in [0, 0.1) is 0 Å². The van der Waals surface area contributed by atoms with E-state index in [0.29, 0.717) is 0 Å². The van der Waals surface area contributed by atoms with Gasteiger partial charge in [-0.15, -0.1) is 0 Å². The van der Waals surface area contributed by atoms with Crippen molar-refractivity contribution in [3.05, 3.63) is 12.2 Å². The van der Waals surface area contributed by atoms with Gasteiger partial charge in [0.1, 0.15) is 12.2 Å². The van der Waals surface area contributed by atoms with Gasteiger partial charge in [-0.25, -0.2) is 15.1 Å². The van der Waals surface area contributed by atoms with Crippen molar-refractivity contribution >= 4 is 0 Å². The first-order valence-electron chi connectivity index (χ1n) is 7.16. The summed E-state index contributed by atoms with van der Waals surface area (Å²) < 4.78 is 7.36. The highest BCUT2D eigenvalue weighted by molar-refractivity contribution is 5.06. The Kier molecular flexibility index (Phi) is 4.74. The molecule has 0 amide bonds. The van der Waals surface area contributed by atoms with Crippen LogP contribution in [0.4, 0.5) is 0 Å². The van der Waals surface area contributed by atoms with Crippen molar-refractivity contribution in [1.29, 1.82) is 0 Å². The quantitative estimate of drug-likeness (QED) is 0.604. The van der Waals surface area contributed by atoms with Crippen LogP contribution in [0.15, 0.2) is 6.33 Å². The summed E-state index contributed by atoms with van der Waals surface area (Å²) in [5.41, 5.74) is 2.76. The summed E-state index contributed by atoms with van der Waals surface area (Å²) in [6, 6.07) is 0.161. The zero-order chi connectivity index (χ0) is 14.8. The molecule has 0 spiro atoms. The first-order valence-corrected chi connectivity index (χ1v) is 7.16. The van der Waals surface area contributed by atoms with Crippen molar-refractivity contribution in [3.8, 4) is 0 Å². The van der Waals surface area contributed by atoms with Crippen LogP contribution in [-0.2, 0) is 4.74 Å². The highest BCUT2D eigenvalue weighted by Gasteiger charge is 2.39.